The van der Waals surface area contributed by atoms with Gasteiger partial charge in [0.1, 0.15) is 85.6 Å². The number of halogens is 6. The number of carboxylic acids is 1. The molecule has 5 heterocycles. The molecule has 25 nitrogen and oxygen atoms in total. The first-order valence-electron chi connectivity index (χ1n) is 45.0. The van der Waals surface area contributed by atoms with Crippen LogP contribution in [0.1, 0.15) is 172 Å². The number of rotatable bonds is 14. The molecule has 0 aromatic heterocycles. The summed E-state index contributed by atoms with van der Waals surface area (Å²) in [5.41, 5.74) is 28.6. The van der Waals surface area contributed by atoms with Crippen molar-refractivity contribution in [3.8, 4) is 40.2 Å². The first kappa shape index (κ1) is 107. The van der Waals surface area contributed by atoms with Gasteiger partial charge in [-0.1, -0.05) is 273 Å². The van der Waals surface area contributed by atoms with Crippen molar-refractivity contribution in [1.82, 2.24) is 16.1 Å². The predicted molar refractivity (Wildman–Crippen MR) is 532 cm³/mol. The maximum absolute atomic E-state index is 12.2. The molecule has 146 heavy (non-hydrogen) atoms. The number of hydrogen-bond acceptors (Lipinski definition) is 23. The number of nitrogens with zero attached hydrogens (tertiary/aromatic N) is 1. The van der Waals surface area contributed by atoms with E-state index in [1.54, 1.807) is 91.5 Å². The van der Waals surface area contributed by atoms with Crippen LogP contribution >= 0.6 is 0 Å². The number of methoxy groups -OCH3 is 3. The summed E-state index contributed by atoms with van der Waals surface area (Å²) in [5, 5.41) is 37.7. The minimum absolute atomic E-state index is 0. The van der Waals surface area contributed by atoms with E-state index in [0.29, 0.717) is 85.4 Å². The molecule has 1 amide bonds. The summed E-state index contributed by atoms with van der Waals surface area (Å²) in [6.07, 6.45) is -11.2. The number of fused-ring (bicyclic) bond motifs is 10. The monoisotopic (exact) mass is 1990 g/mol. The van der Waals surface area contributed by atoms with Gasteiger partial charge in [0.05, 0.1) is 61.7 Å². The molecule has 20 rings (SSSR count). The predicted octanol–water partition coefficient (Wildman–Crippen LogP) is 22.3. The number of ketones is 1. The molecule has 3 unspecified atom stereocenters. The van der Waals surface area contributed by atoms with Gasteiger partial charge in [-0.2, -0.15) is 26.3 Å². The second kappa shape index (κ2) is 52.3. The lowest BCUT2D eigenvalue weighted by molar-refractivity contribution is -0.221. The van der Waals surface area contributed by atoms with Gasteiger partial charge in [-0.15, -0.1) is 0 Å². The van der Waals surface area contributed by atoms with E-state index in [4.69, 9.17) is 53.9 Å². The molecule has 0 bridgehead atoms. The average Bonchev–Trinajstić information content (AvgIpc) is 1.61. The van der Waals surface area contributed by atoms with E-state index in [0.717, 1.165) is 95.7 Å². The Morgan fingerprint density at radius 2 is 0.733 bits per heavy atom. The van der Waals surface area contributed by atoms with Crippen LogP contribution in [-0.4, -0.2) is 96.5 Å². The number of nitrogens with two attached hydrogens (primary N) is 1. The zero-order chi connectivity index (χ0) is 103. The number of carboxylic acid groups (broad SMARTS) is 1. The molecule has 8 N–H and O–H groups in total. The number of amides is 1. The summed E-state index contributed by atoms with van der Waals surface area (Å²) in [5.74, 6) is -2.89. The Bertz CT molecular complexity index is 6590. The number of alkyl halides is 6. The maximum atomic E-state index is 12.2. The fourth-order valence-electron chi connectivity index (χ4n) is 15.6. The summed E-state index contributed by atoms with van der Waals surface area (Å²) < 4.78 is 119. The third-order valence-electron chi connectivity index (χ3n) is 22.9. The van der Waals surface area contributed by atoms with Gasteiger partial charge in [0.2, 0.25) is 0 Å². The van der Waals surface area contributed by atoms with Crippen LogP contribution in [0.15, 0.2) is 375 Å². The Kier molecular flexibility index (Phi) is 38.4. The smallest absolute Gasteiger partial charge is 0.491 e. The molecule has 5 aliphatic heterocycles. The number of benzene rings is 15. The lowest BCUT2D eigenvalue weighted by Crippen LogP contribution is -2.34. The molecule has 748 valence electrons. The fraction of sp³-hybridized carbons (Fsp3) is 0.148. The molecule has 0 aliphatic carbocycles. The van der Waals surface area contributed by atoms with Crippen molar-refractivity contribution in [2.45, 2.75) is 90.6 Å². The molecule has 15 aromatic carbocycles. The van der Waals surface area contributed by atoms with Crippen LogP contribution in [0.5, 0.6) is 40.2 Å². The lowest BCUT2D eigenvalue weighted by Gasteiger charge is -2.21. The highest BCUT2D eigenvalue weighted by Crippen LogP contribution is 2.40. The van der Waals surface area contributed by atoms with E-state index in [9.17, 15) is 65.1 Å². The van der Waals surface area contributed by atoms with Gasteiger partial charge in [-0.25, -0.2) is 29.5 Å². The molecule has 31 heteroatoms. The highest BCUT2D eigenvalue weighted by molar-refractivity contribution is 6.15. The van der Waals surface area contributed by atoms with Crippen LogP contribution in [0.4, 0.5) is 26.3 Å². The van der Waals surface area contributed by atoms with Crippen molar-refractivity contribution in [3.63, 3.8) is 0 Å². The van der Waals surface area contributed by atoms with Crippen LogP contribution in [0, 0.1) is 0 Å². The third-order valence-corrected chi connectivity index (χ3v) is 22.9. The standard InChI is InChI=1S/C23H21NO3.C22H20N2O3.C14H11NO2.C14H13NO.C14H12O3.C14H10O2.C9H10O3.C4F6O3.CH4/c1-26-23(25)17-12-10-16(11-13-17)14-24-22-19-7-3-2-6-18(19)15-27-21-9-5-4-8-20(21)22;25-22(24-26)16-11-9-15(10-12-16)13-23-21-18-6-2-1-5-17(18)14-27-20-8-4-3-7-19(20)21;16-15-14-11-6-2-1-5-10(11)9-17-13-8-4-3-7-12(13)14;15-14-11-6-2-1-5-10(11)9-16-13-8-4-3-7-12(13)14;15-14(16)13-9-5-4-6-11(13)10-17-12-7-2-1-3-8-12;15-14-11-6-2-1-5-10(11)9-16-13-8-4-3-7-12(13)14;1-11-8-5-3-7(4-6-8)9(10)12-2;5-3(6,7)1(11)13-2(12)4(8,9)10;/h2-13,22,24H,14-15H2,1H3;1-12,21,23,26H,13-14H2,(H,24,25);1-8,16H,9H2;1-8,14H,9,15H2;1-9H,10H2,(H,15,16);1-8H,9H2;3-6H,1-2H3;;1H4/b;;15-14+;;;;;;. The Labute approximate surface area is 837 Å². The van der Waals surface area contributed by atoms with Crippen molar-refractivity contribution in [2.24, 2.45) is 10.9 Å². The van der Waals surface area contributed by atoms with Gasteiger partial charge in [-0.05, 0) is 159 Å². The van der Waals surface area contributed by atoms with Crippen LogP contribution in [0.3, 0.4) is 0 Å². The van der Waals surface area contributed by atoms with Gasteiger partial charge in [-0.3, -0.25) is 14.8 Å². The first-order valence-corrected chi connectivity index (χ1v) is 45.0. The number of para-hydroxylation sites is 6. The fourth-order valence-corrected chi connectivity index (χ4v) is 15.6. The van der Waals surface area contributed by atoms with Crippen molar-refractivity contribution in [3.05, 3.63) is 492 Å². The Hall–Kier alpha value is -17.5. The molecular weight excluding hydrogens is 1890 g/mol. The molecule has 3 atom stereocenters. The molecular formula is C115H101F6N5O20. The molecule has 0 radical (unpaired) electrons. The van der Waals surface area contributed by atoms with E-state index >= 15 is 0 Å². The number of esters is 4. The summed E-state index contributed by atoms with van der Waals surface area (Å²) in [6, 6.07) is 117. The van der Waals surface area contributed by atoms with Crippen molar-refractivity contribution in [2.75, 3.05) is 21.3 Å². The summed E-state index contributed by atoms with van der Waals surface area (Å²) in [7, 11) is 4.32. The van der Waals surface area contributed by atoms with E-state index in [2.05, 4.69) is 79.9 Å². The number of hydroxylamine groups is 1. The lowest BCUT2D eigenvalue weighted by atomic mass is 9.94. The summed E-state index contributed by atoms with van der Waals surface area (Å²) in [6.45, 7) is 4.23. The molecule has 5 aliphatic rings. The minimum atomic E-state index is -5.62. The Morgan fingerprint density at radius 3 is 1.19 bits per heavy atom. The number of carbonyl (C=O) groups is 7. The topological polar surface area (TPSA) is 347 Å². The van der Waals surface area contributed by atoms with Crippen LogP contribution in [0.2, 0.25) is 0 Å². The summed E-state index contributed by atoms with van der Waals surface area (Å²) >= 11 is 0. The van der Waals surface area contributed by atoms with E-state index in [1.807, 2.05) is 237 Å². The third kappa shape index (κ3) is 28.7. The quantitative estimate of drug-likeness (QED) is 0.0101. The van der Waals surface area contributed by atoms with Gasteiger partial charge in [0.25, 0.3) is 5.91 Å². The van der Waals surface area contributed by atoms with Crippen LogP contribution in [0.25, 0.3) is 0 Å². The van der Waals surface area contributed by atoms with Crippen molar-refractivity contribution in [1.29, 1.82) is 0 Å². The van der Waals surface area contributed by atoms with Crippen molar-refractivity contribution < 1.29 is 123 Å². The molecule has 0 fully saturated rings. The number of nitrogens with one attached hydrogen (secondary N) is 3. The van der Waals surface area contributed by atoms with Crippen LogP contribution < -0.4 is 55.0 Å². The Balaban J connectivity index is 0.000000151. The maximum Gasteiger partial charge on any atom is 0.491 e. The normalized spacial score (nSPS) is 13.8. The molecule has 0 saturated heterocycles. The Morgan fingerprint density at radius 1 is 0.384 bits per heavy atom. The zero-order valence-electron chi connectivity index (χ0n) is 78.2. The van der Waals surface area contributed by atoms with E-state index < -0.39 is 36.2 Å². The number of oxime groups is 1. The van der Waals surface area contributed by atoms with Gasteiger partial charge in [0.15, 0.2) is 5.78 Å². The van der Waals surface area contributed by atoms with Gasteiger partial charge >= 0.3 is 42.2 Å². The zero-order valence-corrected chi connectivity index (χ0v) is 78.2. The summed E-state index contributed by atoms with van der Waals surface area (Å²) in [4.78, 5) is 76.5. The van der Waals surface area contributed by atoms with Gasteiger partial charge in [0, 0.05) is 63.2 Å². The molecule has 0 spiro atoms. The number of aromatic carboxylic acids is 1. The van der Waals surface area contributed by atoms with E-state index in [-0.39, 0.29) is 55.4 Å². The highest BCUT2D eigenvalue weighted by Gasteiger charge is 2.49. The number of ether oxygens (including phenoxy) is 10. The largest absolute Gasteiger partial charge is 0.497 e. The van der Waals surface area contributed by atoms with Crippen LogP contribution in [-0.2, 0) is 76.5 Å². The second-order valence-corrected chi connectivity index (χ2v) is 32.1. The second-order valence-electron chi connectivity index (χ2n) is 32.1. The molecule has 15 aromatic rings. The highest BCUT2D eigenvalue weighted by atomic mass is 19.4. The van der Waals surface area contributed by atoms with E-state index in [1.165, 1.54) is 42.0 Å². The number of carbonyl (C=O) groups excluding carboxylic acids is 6. The SMILES string of the molecule is C.COC(=O)c1ccc(CNC2c3ccccc3COc3ccccc32)cc1.COC(=O)c1ccc(OC)cc1.NC1c2ccccc2COc2ccccc21.O/N=C1\c2ccccc2COc2ccccc21.O=C(NO)c1ccc(CNC2c3ccccc3COc3ccccc32)cc1.O=C(O)c1ccccc1COc1ccccc1.O=C(OC(=O)C(F)(F)F)C(F)(F)F.O=C1c2ccccc2COc2ccccc21. The molecule has 0 saturated carbocycles. The minimum Gasteiger partial charge on any atom is -0.497 e. The van der Waals surface area contributed by atoms with Crippen molar-refractivity contribution >= 4 is 47.2 Å². The average molecular weight is 1990 g/mol. The van der Waals surface area contributed by atoms with Gasteiger partial charge < -0.3 is 74.0 Å². The number of hydrogen-bond donors (Lipinski definition) is 7. The first-order chi connectivity index (χ1) is 70.2.